The molecule has 2 heterocycles. The van der Waals surface area contributed by atoms with Crippen molar-refractivity contribution < 1.29 is 9.47 Å². The Labute approximate surface area is 394 Å². The second-order valence-corrected chi connectivity index (χ2v) is 19.3. The van der Waals surface area contributed by atoms with Crippen molar-refractivity contribution in [1.29, 1.82) is 0 Å². The first-order valence-electron chi connectivity index (χ1n) is 25.4. The van der Waals surface area contributed by atoms with Gasteiger partial charge in [-0.25, -0.2) is 0 Å². The average Bonchev–Trinajstić information content (AvgIpc) is 4.33. The van der Waals surface area contributed by atoms with E-state index in [1.165, 1.54) is 146 Å². The maximum atomic E-state index is 5.62. The smallest absolute Gasteiger partial charge is 0.106 e. The Balaban J connectivity index is 0.978. The summed E-state index contributed by atoms with van der Waals surface area (Å²) >= 11 is 0. The van der Waals surface area contributed by atoms with E-state index in [0.717, 1.165) is 30.3 Å². The average molecular weight is 870 g/mol. The standard InChI is InChI=1S/C63H67NO2/c1-3-5-7-9-11-16-40-63(41-17-12-10-8-6-4-2)59-42-52(48-22-26-51(27-23-48)62-45-66-62)32-38-57(59)58-39-33-53(43-60(58)63)49-30-36-56(37-31-49)64(54-18-14-13-15-19-54)55-34-28-47(29-35-55)46-20-24-50(25-21-46)61-44-65-61/h13-15,18-39,42-43,61-62H,3-12,16-17,40-41,44-45H2,1-2H3. The fraction of sp³-hybridized carbons (Fsp3) is 0.333. The van der Waals surface area contributed by atoms with Gasteiger partial charge >= 0.3 is 0 Å². The number of rotatable bonds is 22. The molecule has 0 aromatic heterocycles. The van der Waals surface area contributed by atoms with Crippen LogP contribution in [-0.4, -0.2) is 13.2 Å². The maximum Gasteiger partial charge on any atom is 0.106 e. The highest BCUT2D eigenvalue weighted by Gasteiger charge is 2.42. The Kier molecular flexibility index (Phi) is 13.6. The number of epoxide rings is 2. The molecule has 0 saturated carbocycles. The lowest BCUT2D eigenvalue weighted by atomic mass is 9.70. The number of unbranched alkanes of at least 4 members (excludes halogenated alkanes) is 10. The number of hydrogen-bond donors (Lipinski definition) is 0. The van der Waals surface area contributed by atoms with E-state index in [1.807, 2.05) is 0 Å². The van der Waals surface area contributed by atoms with E-state index in [2.05, 4.69) is 183 Å². The van der Waals surface area contributed by atoms with Crippen LogP contribution >= 0.6 is 0 Å². The van der Waals surface area contributed by atoms with Crippen LogP contribution in [0.3, 0.4) is 0 Å². The topological polar surface area (TPSA) is 28.3 Å². The summed E-state index contributed by atoms with van der Waals surface area (Å²) in [5, 5.41) is 0. The zero-order chi connectivity index (χ0) is 44.7. The Morgan fingerprint density at radius 3 is 1.15 bits per heavy atom. The third kappa shape index (κ3) is 9.71. The lowest BCUT2D eigenvalue weighted by Gasteiger charge is -2.33. The second kappa shape index (κ2) is 20.4. The molecule has 7 aromatic carbocycles. The molecule has 66 heavy (non-hydrogen) atoms. The molecule has 3 heteroatoms. The predicted octanol–water partition coefficient (Wildman–Crippen LogP) is 18.1. The van der Waals surface area contributed by atoms with Gasteiger partial charge in [-0.2, -0.15) is 0 Å². The SMILES string of the molecule is CCCCCCCCC1(CCCCCCCC)c2cc(-c3ccc(C4CO4)cc3)ccc2-c2ccc(-c3ccc(N(c4ccccc4)c4ccc(-c5ccc(C6CO6)cc5)cc4)cc3)cc21. The fourth-order valence-electron chi connectivity index (χ4n) is 10.8. The van der Waals surface area contributed by atoms with Gasteiger partial charge in [0.2, 0.25) is 0 Å². The van der Waals surface area contributed by atoms with Crippen molar-refractivity contribution in [2.24, 2.45) is 0 Å². The monoisotopic (exact) mass is 870 g/mol. The number of ether oxygens (including phenoxy) is 2. The molecule has 2 unspecified atom stereocenters. The van der Waals surface area contributed by atoms with E-state index in [9.17, 15) is 0 Å². The lowest BCUT2D eigenvalue weighted by molar-refractivity contribution is 0.398. The van der Waals surface area contributed by atoms with Gasteiger partial charge in [-0.3, -0.25) is 0 Å². The van der Waals surface area contributed by atoms with E-state index in [0.29, 0.717) is 0 Å². The number of anilines is 3. The second-order valence-electron chi connectivity index (χ2n) is 19.3. The van der Waals surface area contributed by atoms with E-state index >= 15 is 0 Å². The summed E-state index contributed by atoms with van der Waals surface area (Å²) in [7, 11) is 0. The van der Waals surface area contributed by atoms with Gasteiger partial charge < -0.3 is 14.4 Å². The first-order valence-corrected chi connectivity index (χ1v) is 25.4. The highest BCUT2D eigenvalue weighted by atomic mass is 16.6. The van der Waals surface area contributed by atoms with Crippen LogP contribution in [0.4, 0.5) is 17.1 Å². The van der Waals surface area contributed by atoms with E-state index < -0.39 is 0 Å². The number of para-hydroxylation sites is 1. The molecule has 336 valence electrons. The molecule has 2 fully saturated rings. The highest BCUT2D eigenvalue weighted by molar-refractivity contribution is 5.87. The van der Waals surface area contributed by atoms with Crippen molar-refractivity contribution in [3.8, 4) is 44.5 Å². The van der Waals surface area contributed by atoms with Crippen LogP contribution in [-0.2, 0) is 14.9 Å². The number of hydrogen-bond acceptors (Lipinski definition) is 3. The summed E-state index contributed by atoms with van der Waals surface area (Å²) < 4.78 is 11.1. The molecule has 2 atom stereocenters. The van der Waals surface area contributed by atoms with Crippen LogP contribution in [0.2, 0.25) is 0 Å². The normalized spacial score (nSPS) is 16.5. The van der Waals surface area contributed by atoms with Crippen molar-refractivity contribution in [3.05, 3.63) is 186 Å². The van der Waals surface area contributed by atoms with Gasteiger partial charge in [-0.15, -0.1) is 0 Å². The van der Waals surface area contributed by atoms with E-state index in [4.69, 9.17) is 9.47 Å². The van der Waals surface area contributed by atoms with Gasteiger partial charge in [0.1, 0.15) is 12.2 Å². The third-order valence-corrected chi connectivity index (χ3v) is 14.8. The molecular weight excluding hydrogens is 803 g/mol. The van der Waals surface area contributed by atoms with Gasteiger partial charge in [0.25, 0.3) is 0 Å². The van der Waals surface area contributed by atoms with Crippen LogP contribution in [0, 0.1) is 0 Å². The molecule has 3 aliphatic rings. The van der Waals surface area contributed by atoms with E-state index in [-0.39, 0.29) is 17.6 Å². The Morgan fingerprint density at radius 2 is 0.742 bits per heavy atom. The molecule has 10 rings (SSSR count). The molecule has 3 nitrogen and oxygen atoms in total. The van der Waals surface area contributed by atoms with Crippen LogP contribution < -0.4 is 4.90 Å². The fourth-order valence-corrected chi connectivity index (χ4v) is 10.8. The molecule has 0 radical (unpaired) electrons. The number of nitrogens with zero attached hydrogens (tertiary/aromatic N) is 1. The minimum Gasteiger partial charge on any atom is -0.368 e. The van der Waals surface area contributed by atoms with Crippen LogP contribution in [0.5, 0.6) is 0 Å². The van der Waals surface area contributed by atoms with Crippen molar-refractivity contribution >= 4 is 17.1 Å². The molecule has 0 spiro atoms. The highest BCUT2D eigenvalue weighted by Crippen LogP contribution is 2.56. The summed E-state index contributed by atoms with van der Waals surface area (Å²) in [5.41, 5.74) is 19.5. The minimum absolute atomic E-state index is 0.0160. The summed E-state index contributed by atoms with van der Waals surface area (Å²) in [5.74, 6) is 0. The molecule has 0 N–H and O–H groups in total. The number of fused-ring (bicyclic) bond motifs is 3. The summed E-state index contributed by atoms with van der Waals surface area (Å²) in [6, 6.07) is 61.9. The summed E-state index contributed by atoms with van der Waals surface area (Å²) in [4.78, 5) is 2.37. The Morgan fingerprint density at radius 1 is 0.394 bits per heavy atom. The molecule has 1 aliphatic carbocycles. The first-order chi connectivity index (χ1) is 32.6. The van der Waals surface area contributed by atoms with Crippen molar-refractivity contribution in [1.82, 2.24) is 0 Å². The largest absolute Gasteiger partial charge is 0.368 e. The van der Waals surface area contributed by atoms with Gasteiger partial charge in [-0.05, 0) is 128 Å². The van der Waals surface area contributed by atoms with Crippen molar-refractivity contribution in [3.63, 3.8) is 0 Å². The zero-order valence-electron chi connectivity index (χ0n) is 39.3. The lowest BCUT2D eigenvalue weighted by Crippen LogP contribution is -2.25. The summed E-state index contributed by atoms with van der Waals surface area (Å²) in [6.45, 7) is 6.32. The molecule has 0 bridgehead atoms. The minimum atomic E-state index is -0.0160. The Hall–Kier alpha value is -5.74. The number of benzene rings is 7. The van der Waals surface area contributed by atoms with Gasteiger partial charge in [0, 0.05) is 22.5 Å². The zero-order valence-corrected chi connectivity index (χ0v) is 39.3. The van der Waals surface area contributed by atoms with Gasteiger partial charge in [0.15, 0.2) is 0 Å². The molecular formula is C63H67NO2. The molecule has 2 saturated heterocycles. The summed E-state index contributed by atoms with van der Waals surface area (Å²) in [6.07, 6.45) is 18.7. The van der Waals surface area contributed by atoms with Crippen LogP contribution in [0.25, 0.3) is 44.5 Å². The molecule has 0 amide bonds. The van der Waals surface area contributed by atoms with Gasteiger partial charge in [-0.1, -0.05) is 206 Å². The van der Waals surface area contributed by atoms with Crippen molar-refractivity contribution in [2.75, 3.05) is 18.1 Å². The quantitative estimate of drug-likeness (QED) is 0.0502. The van der Waals surface area contributed by atoms with Crippen molar-refractivity contribution in [2.45, 2.75) is 121 Å². The third-order valence-electron chi connectivity index (χ3n) is 14.8. The Bertz CT molecular complexity index is 2640. The van der Waals surface area contributed by atoms with Crippen LogP contribution in [0.15, 0.2) is 164 Å². The van der Waals surface area contributed by atoms with Crippen LogP contribution in [0.1, 0.15) is 138 Å². The molecule has 7 aromatic rings. The van der Waals surface area contributed by atoms with Gasteiger partial charge in [0.05, 0.1) is 13.2 Å². The predicted molar refractivity (Wildman–Crippen MR) is 277 cm³/mol. The van der Waals surface area contributed by atoms with E-state index in [1.54, 1.807) is 11.1 Å². The molecule has 2 aliphatic heterocycles. The first kappa shape index (κ1) is 44.1. The maximum absolute atomic E-state index is 5.62.